The van der Waals surface area contributed by atoms with Gasteiger partial charge in [-0.15, -0.1) is 0 Å². The summed E-state index contributed by atoms with van der Waals surface area (Å²) in [5.41, 5.74) is 0. The zero-order valence-electron chi connectivity index (χ0n) is 3.21. The number of nitrogens with one attached hydrogen (secondary N) is 1. The van der Waals surface area contributed by atoms with Crippen molar-refractivity contribution in [2.75, 3.05) is 0 Å². The summed E-state index contributed by atoms with van der Waals surface area (Å²) in [6, 6.07) is 1.37. The molecule has 7 heavy (non-hydrogen) atoms. The third-order valence-corrected chi connectivity index (χ3v) is 0.169. The molecular formula is C2H2N2O3. The van der Waals surface area contributed by atoms with Gasteiger partial charge in [-0.2, -0.15) is 0 Å². The molecule has 0 aromatic heterocycles. The molecule has 0 aliphatic rings. The van der Waals surface area contributed by atoms with Crippen LogP contribution in [-0.4, -0.2) is 17.3 Å². The molecule has 0 unspecified atom stereocenters. The van der Waals surface area contributed by atoms with Crippen molar-refractivity contribution in [1.82, 2.24) is 0 Å². The Morgan fingerprint density at radius 3 is 2.71 bits per heavy atom. The molecule has 0 aliphatic heterocycles. The van der Waals surface area contributed by atoms with E-state index in [1.165, 1.54) is 6.01 Å². The van der Waals surface area contributed by atoms with Gasteiger partial charge in [0.05, 0.1) is 0 Å². The number of hydrogen-bond acceptors (Lipinski definition) is 4. The number of hydrogen-bond donors (Lipinski definition) is 2. The Kier molecular flexibility index (Phi) is 2.31. The molecule has 5 heteroatoms. The molecule has 0 rings (SSSR count). The SMILES string of the molecule is N=C=NOC(=O)O. The first-order chi connectivity index (χ1) is 3.27. The normalized spacial score (nSPS) is 6.29. The highest BCUT2D eigenvalue weighted by atomic mass is 16.7. The highest BCUT2D eigenvalue weighted by Crippen LogP contribution is 1.70. The Morgan fingerprint density at radius 2 is 2.57 bits per heavy atom. The predicted octanol–water partition coefficient (Wildman–Crippen LogP) is 0.349. The maximum absolute atomic E-state index is 9.32. The topological polar surface area (TPSA) is 82.7 Å². The van der Waals surface area contributed by atoms with Gasteiger partial charge in [-0.05, 0) is 5.16 Å². The van der Waals surface area contributed by atoms with Gasteiger partial charge in [0.1, 0.15) is 6.01 Å². The second-order valence-electron chi connectivity index (χ2n) is 0.560. The van der Waals surface area contributed by atoms with Gasteiger partial charge in [-0.25, -0.2) is 10.2 Å². The van der Waals surface area contributed by atoms with Gasteiger partial charge in [0.2, 0.25) is 0 Å². The average Bonchev–Trinajstić information content (AvgIpc) is 1.61. The van der Waals surface area contributed by atoms with Crippen LogP contribution < -0.4 is 0 Å². The standard InChI is InChI=1S/C2H2N2O3/c3-1-4-7-2(5)6/h3H,(H,5,6). The van der Waals surface area contributed by atoms with E-state index >= 15 is 0 Å². The highest BCUT2D eigenvalue weighted by molar-refractivity contribution is 5.57. The number of rotatable bonds is 1. The van der Waals surface area contributed by atoms with Crippen LogP contribution in [0.15, 0.2) is 5.16 Å². The van der Waals surface area contributed by atoms with E-state index in [1.807, 2.05) is 0 Å². The van der Waals surface area contributed by atoms with E-state index in [2.05, 4.69) is 9.99 Å². The molecule has 0 atom stereocenters. The van der Waals surface area contributed by atoms with Gasteiger partial charge in [-0.3, -0.25) is 4.84 Å². The van der Waals surface area contributed by atoms with Crippen LogP contribution in [0.1, 0.15) is 0 Å². The highest BCUT2D eigenvalue weighted by Gasteiger charge is 1.87. The fourth-order valence-electron chi connectivity index (χ4n) is 0.0619. The van der Waals surface area contributed by atoms with E-state index in [0.29, 0.717) is 0 Å². The van der Waals surface area contributed by atoms with Crippen molar-refractivity contribution in [3.05, 3.63) is 0 Å². The number of carboxylic acid groups (broad SMARTS) is 1. The van der Waals surface area contributed by atoms with E-state index in [-0.39, 0.29) is 0 Å². The molecular weight excluding hydrogens is 100 g/mol. The Balaban J connectivity index is 3.32. The molecule has 0 amide bonds. The third kappa shape index (κ3) is 4.65. The van der Waals surface area contributed by atoms with Crippen LogP contribution in [0.5, 0.6) is 0 Å². The number of carbonyl (C=O) groups is 1. The van der Waals surface area contributed by atoms with E-state index in [0.717, 1.165) is 0 Å². The van der Waals surface area contributed by atoms with E-state index in [1.54, 1.807) is 0 Å². The lowest BCUT2D eigenvalue weighted by molar-refractivity contribution is 0.0954. The van der Waals surface area contributed by atoms with Gasteiger partial charge in [0.15, 0.2) is 0 Å². The summed E-state index contributed by atoms with van der Waals surface area (Å²) in [6.45, 7) is 0. The van der Waals surface area contributed by atoms with E-state index < -0.39 is 6.16 Å². The maximum atomic E-state index is 9.32. The second kappa shape index (κ2) is 2.87. The molecule has 2 N–H and O–H groups in total. The summed E-state index contributed by atoms with van der Waals surface area (Å²) < 4.78 is 0. The largest absolute Gasteiger partial charge is 0.533 e. The van der Waals surface area contributed by atoms with Crippen molar-refractivity contribution in [1.29, 1.82) is 5.41 Å². The van der Waals surface area contributed by atoms with Crippen LogP contribution in [0.4, 0.5) is 4.79 Å². The second-order valence-corrected chi connectivity index (χ2v) is 0.560. The van der Waals surface area contributed by atoms with Gasteiger partial charge >= 0.3 is 6.16 Å². The summed E-state index contributed by atoms with van der Waals surface area (Å²) in [5, 5.41) is 16.1. The molecule has 0 saturated carbocycles. The molecule has 0 aliphatic carbocycles. The Hall–Kier alpha value is -1.35. The third-order valence-electron chi connectivity index (χ3n) is 0.169. The zero-order valence-corrected chi connectivity index (χ0v) is 3.21. The smallest absolute Gasteiger partial charge is 0.448 e. The Bertz CT molecular complexity index is 114. The monoisotopic (exact) mass is 102 g/mol. The van der Waals surface area contributed by atoms with Gasteiger partial charge < -0.3 is 5.11 Å². The molecule has 38 valence electrons. The zero-order chi connectivity index (χ0) is 5.70. The number of nitrogens with zero attached hydrogens (tertiary/aromatic N) is 1. The first-order valence-electron chi connectivity index (χ1n) is 1.29. The minimum atomic E-state index is -1.54. The lowest BCUT2D eigenvalue weighted by Gasteiger charge is -1.77. The Morgan fingerprint density at radius 1 is 2.00 bits per heavy atom. The maximum Gasteiger partial charge on any atom is 0.533 e. The van der Waals surface area contributed by atoms with Crippen molar-refractivity contribution in [2.24, 2.45) is 5.16 Å². The molecule has 0 bridgehead atoms. The van der Waals surface area contributed by atoms with Gasteiger partial charge in [0, 0.05) is 0 Å². The van der Waals surface area contributed by atoms with Crippen molar-refractivity contribution >= 4 is 12.2 Å². The van der Waals surface area contributed by atoms with Crippen molar-refractivity contribution < 1.29 is 14.7 Å². The van der Waals surface area contributed by atoms with Crippen LogP contribution in [0.25, 0.3) is 0 Å². The average molecular weight is 102 g/mol. The van der Waals surface area contributed by atoms with Crippen LogP contribution in [-0.2, 0) is 4.84 Å². The lowest BCUT2D eigenvalue weighted by atomic mass is 11.4. The minimum Gasteiger partial charge on any atom is -0.448 e. The van der Waals surface area contributed by atoms with Crippen molar-refractivity contribution in [3.8, 4) is 0 Å². The van der Waals surface area contributed by atoms with Crippen LogP contribution >= 0.6 is 0 Å². The fourth-order valence-corrected chi connectivity index (χ4v) is 0.0619. The lowest BCUT2D eigenvalue weighted by Crippen LogP contribution is -1.90. The summed E-state index contributed by atoms with van der Waals surface area (Å²) >= 11 is 0. The molecule has 0 heterocycles. The van der Waals surface area contributed by atoms with Gasteiger partial charge in [0.25, 0.3) is 0 Å². The minimum absolute atomic E-state index is 1.37. The fraction of sp³-hybridized carbons (Fsp3) is 0. The first-order valence-corrected chi connectivity index (χ1v) is 1.29. The van der Waals surface area contributed by atoms with Crippen LogP contribution in [0.2, 0.25) is 0 Å². The predicted molar refractivity (Wildman–Crippen MR) is 19.3 cm³/mol. The van der Waals surface area contributed by atoms with E-state index in [9.17, 15) is 4.79 Å². The molecule has 5 nitrogen and oxygen atoms in total. The molecule has 0 aromatic rings. The van der Waals surface area contributed by atoms with E-state index in [4.69, 9.17) is 10.5 Å². The van der Waals surface area contributed by atoms with Crippen LogP contribution in [0.3, 0.4) is 0 Å². The molecule has 0 radical (unpaired) electrons. The molecule has 0 saturated heterocycles. The summed E-state index contributed by atoms with van der Waals surface area (Å²) in [7, 11) is 0. The Labute approximate surface area is 38.7 Å². The summed E-state index contributed by atoms with van der Waals surface area (Å²) in [4.78, 5) is 12.8. The molecule has 0 spiro atoms. The summed E-state index contributed by atoms with van der Waals surface area (Å²) in [6.07, 6.45) is -1.54. The van der Waals surface area contributed by atoms with Gasteiger partial charge in [-0.1, -0.05) is 0 Å². The summed E-state index contributed by atoms with van der Waals surface area (Å²) in [5.74, 6) is 0. The first kappa shape index (κ1) is 5.65. The quantitative estimate of drug-likeness (QED) is 0.284. The van der Waals surface area contributed by atoms with Crippen molar-refractivity contribution in [2.45, 2.75) is 0 Å². The van der Waals surface area contributed by atoms with Crippen molar-refractivity contribution in [3.63, 3.8) is 0 Å². The van der Waals surface area contributed by atoms with Crippen LogP contribution in [0, 0.1) is 5.41 Å². The molecule has 0 aromatic carbocycles. The molecule has 0 fully saturated rings.